The van der Waals surface area contributed by atoms with Gasteiger partial charge in [-0.2, -0.15) is 0 Å². The summed E-state index contributed by atoms with van der Waals surface area (Å²) in [5.74, 6) is 4.42. The first-order chi connectivity index (χ1) is 14.2. The van der Waals surface area contributed by atoms with Crippen molar-refractivity contribution in [2.24, 2.45) is 5.90 Å². The summed E-state index contributed by atoms with van der Waals surface area (Å²) in [5.41, 5.74) is 3.03. The van der Waals surface area contributed by atoms with E-state index in [1.807, 2.05) is 44.2 Å². The van der Waals surface area contributed by atoms with Gasteiger partial charge in [0.2, 0.25) is 0 Å². The fraction of sp³-hybridized carbons (Fsp3) is 0.273. The van der Waals surface area contributed by atoms with Crippen LogP contribution in [0.4, 0.5) is 5.69 Å². The molecule has 2 aromatic rings. The Kier molecular flexibility index (Phi) is 12.0. The van der Waals surface area contributed by atoms with Crippen molar-refractivity contribution in [3.8, 4) is 10.6 Å². The second-order valence-electron chi connectivity index (χ2n) is 6.02. The predicted octanol–water partition coefficient (Wildman–Crippen LogP) is 5.20. The smallest absolute Gasteiger partial charge is 0.160 e. The molecule has 0 unspecified atom stereocenters. The van der Waals surface area contributed by atoms with Crippen molar-refractivity contribution in [3.05, 3.63) is 71.0 Å². The number of thiophene rings is 1. The Morgan fingerprint density at radius 1 is 1.28 bits per heavy atom. The Balaban J connectivity index is 0.000000527. The summed E-state index contributed by atoms with van der Waals surface area (Å²) < 4.78 is 5.60. The molecule has 156 valence electrons. The second kappa shape index (κ2) is 14.3. The molecule has 0 radical (unpaired) electrons. The van der Waals surface area contributed by atoms with E-state index in [0.717, 1.165) is 34.7 Å². The van der Waals surface area contributed by atoms with E-state index in [1.54, 1.807) is 6.20 Å². The molecule has 1 aliphatic heterocycles. The lowest BCUT2D eigenvalue weighted by atomic mass is 10.2. The summed E-state index contributed by atoms with van der Waals surface area (Å²) in [6.45, 7) is 7.49. The third kappa shape index (κ3) is 8.87. The van der Waals surface area contributed by atoms with Gasteiger partial charge in [0, 0.05) is 0 Å². The van der Waals surface area contributed by atoms with E-state index in [4.69, 9.17) is 9.94 Å². The van der Waals surface area contributed by atoms with Crippen LogP contribution in [0.15, 0.2) is 66.1 Å². The average Bonchev–Trinajstić information content (AvgIpc) is 3.26. The van der Waals surface area contributed by atoms with E-state index < -0.39 is 0 Å². The Morgan fingerprint density at radius 2 is 2.07 bits per heavy atom. The highest BCUT2D eigenvalue weighted by molar-refractivity contribution is 7.17. The zero-order chi connectivity index (χ0) is 21.5. The van der Waals surface area contributed by atoms with Gasteiger partial charge in [0.15, 0.2) is 6.29 Å². The Labute approximate surface area is 176 Å². The van der Waals surface area contributed by atoms with Gasteiger partial charge < -0.3 is 15.3 Å². The molecular formula is C22H29N3O3S. The first-order valence-corrected chi connectivity index (χ1v) is 10.1. The molecule has 1 aliphatic rings. The molecule has 0 aromatic carbocycles. The highest BCUT2D eigenvalue weighted by Crippen LogP contribution is 2.26. The molecule has 7 heteroatoms. The maximum absolute atomic E-state index is 10.7. The highest BCUT2D eigenvalue weighted by atomic mass is 32.1. The van der Waals surface area contributed by atoms with Gasteiger partial charge in [0.25, 0.3) is 0 Å². The predicted molar refractivity (Wildman–Crippen MR) is 120 cm³/mol. The summed E-state index contributed by atoms with van der Waals surface area (Å²) in [5, 5.41) is 9.79. The summed E-state index contributed by atoms with van der Waals surface area (Å²) >= 11 is 1.44. The lowest BCUT2D eigenvalue weighted by molar-refractivity contribution is 0.112. The molecule has 0 spiro atoms. The summed E-state index contributed by atoms with van der Waals surface area (Å²) in [6.07, 6.45) is 12.1. The Hall–Kier alpha value is -2.74. The molecule has 0 fully saturated rings. The number of aldehydes is 1. The monoisotopic (exact) mass is 415 g/mol. The second-order valence-corrected chi connectivity index (χ2v) is 7.13. The fourth-order valence-corrected chi connectivity index (χ4v) is 3.07. The van der Waals surface area contributed by atoms with Gasteiger partial charge in [0.05, 0.1) is 33.9 Å². The molecule has 6 nitrogen and oxygen atoms in total. The number of hydrogen-bond donors (Lipinski definition) is 3. The number of allylic oxidation sites excluding steroid dienone is 4. The molecule has 4 N–H and O–H groups in total. The molecule has 3 heterocycles. The van der Waals surface area contributed by atoms with Crippen LogP contribution in [-0.4, -0.2) is 29.6 Å². The maximum Gasteiger partial charge on any atom is 0.160 e. The van der Waals surface area contributed by atoms with Gasteiger partial charge in [-0.15, -0.1) is 11.3 Å². The van der Waals surface area contributed by atoms with Crippen LogP contribution >= 0.6 is 11.3 Å². The number of aromatic nitrogens is 1. The van der Waals surface area contributed by atoms with Crippen LogP contribution < -0.4 is 11.2 Å². The minimum Gasteiger partial charge on any atom is -0.492 e. The first kappa shape index (κ1) is 24.3. The quantitative estimate of drug-likeness (QED) is 0.341. The van der Waals surface area contributed by atoms with E-state index in [1.165, 1.54) is 16.9 Å². The molecule has 0 aliphatic carbocycles. The van der Waals surface area contributed by atoms with Crippen LogP contribution in [0.3, 0.4) is 0 Å². The van der Waals surface area contributed by atoms with Gasteiger partial charge in [-0.05, 0) is 56.2 Å². The number of nitrogens with zero attached hydrogens (tertiary/aromatic N) is 1. The van der Waals surface area contributed by atoms with Gasteiger partial charge >= 0.3 is 0 Å². The van der Waals surface area contributed by atoms with Crippen LogP contribution in [0, 0.1) is 0 Å². The number of nitrogens with two attached hydrogens (primary N) is 1. The number of rotatable bonds is 6. The van der Waals surface area contributed by atoms with E-state index in [9.17, 15) is 4.79 Å². The standard InChI is InChI=1S/C17H16N2O2S.C5H10.H3NO/c1-12-2-4-14(21-11-12)9-18-13-3-6-16(19-8-13)17-7-5-15(10-20)22-17;1-3-5-4-2;1-2/h2-8,10,18H,9,11H2,1H3;3,5H,4H2,1-2H3;2H,1H2/b;5-3-;. The Bertz CT molecular complexity index is 824. The van der Waals surface area contributed by atoms with Crippen LogP contribution in [0.5, 0.6) is 0 Å². The van der Waals surface area contributed by atoms with Gasteiger partial charge in [-0.3, -0.25) is 9.78 Å². The van der Waals surface area contributed by atoms with Crippen molar-refractivity contribution in [1.82, 2.24) is 4.98 Å². The van der Waals surface area contributed by atoms with Crippen LogP contribution in [0.25, 0.3) is 10.6 Å². The summed E-state index contributed by atoms with van der Waals surface area (Å²) in [7, 11) is 0. The lowest BCUT2D eigenvalue weighted by Gasteiger charge is -2.15. The van der Waals surface area contributed by atoms with Crippen molar-refractivity contribution in [1.29, 1.82) is 0 Å². The zero-order valence-electron chi connectivity index (χ0n) is 17.1. The molecule has 2 aromatic heterocycles. The largest absolute Gasteiger partial charge is 0.492 e. The Morgan fingerprint density at radius 3 is 2.55 bits per heavy atom. The maximum atomic E-state index is 10.7. The molecule has 0 saturated carbocycles. The van der Waals surface area contributed by atoms with Crippen LogP contribution in [-0.2, 0) is 4.74 Å². The van der Waals surface area contributed by atoms with Crippen molar-refractivity contribution in [2.45, 2.75) is 27.2 Å². The molecule has 0 atom stereocenters. The van der Waals surface area contributed by atoms with Crippen molar-refractivity contribution < 1.29 is 14.7 Å². The third-order valence-electron chi connectivity index (χ3n) is 3.74. The topological polar surface area (TPSA) is 97.5 Å². The van der Waals surface area contributed by atoms with E-state index in [-0.39, 0.29) is 0 Å². The van der Waals surface area contributed by atoms with Crippen LogP contribution in [0.2, 0.25) is 0 Å². The molecule has 0 bridgehead atoms. The minimum absolute atomic E-state index is 0.638. The van der Waals surface area contributed by atoms with Crippen LogP contribution in [0.1, 0.15) is 36.9 Å². The molecule has 29 heavy (non-hydrogen) atoms. The number of ether oxygens (including phenoxy) is 1. The normalized spacial score (nSPS) is 12.4. The number of anilines is 1. The summed E-state index contributed by atoms with van der Waals surface area (Å²) in [6, 6.07) is 7.65. The van der Waals surface area contributed by atoms with E-state index in [2.05, 4.69) is 41.3 Å². The number of pyridine rings is 1. The van der Waals surface area contributed by atoms with E-state index >= 15 is 0 Å². The minimum atomic E-state index is 0.638. The summed E-state index contributed by atoms with van der Waals surface area (Å²) in [4.78, 5) is 16.9. The van der Waals surface area contributed by atoms with Crippen molar-refractivity contribution in [3.63, 3.8) is 0 Å². The van der Waals surface area contributed by atoms with Gasteiger partial charge in [0.1, 0.15) is 12.4 Å². The van der Waals surface area contributed by atoms with Gasteiger partial charge in [-0.25, -0.2) is 5.90 Å². The number of nitrogens with one attached hydrogen (secondary N) is 1. The van der Waals surface area contributed by atoms with Crippen molar-refractivity contribution in [2.75, 3.05) is 18.5 Å². The molecule has 0 saturated heterocycles. The zero-order valence-corrected chi connectivity index (χ0v) is 17.9. The van der Waals surface area contributed by atoms with Gasteiger partial charge in [-0.1, -0.05) is 25.2 Å². The SMILES string of the molecule is C/C=C\CC.CC1=CC=C(CNc2ccc(-c3ccc(C=O)s3)nc2)OC1.NO. The average molecular weight is 416 g/mol. The number of carbonyl (C=O) groups excluding carboxylic acids is 1. The van der Waals surface area contributed by atoms with Crippen molar-refractivity contribution >= 4 is 23.3 Å². The number of carbonyl (C=O) groups is 1. The highest BCUT2D eigenvalue weighted by Gasteiger charge is 2.06. The first-order valence-electron chi connectivity index (χ1n) is 9.27. The van der Waals surface area contributed by atoms with E-state index in [0.29, 0.717) is 18.0 Å². The number of hydrogen-bond acceptors (Lipinski definition) is 7. The third-order valence-corrected chi connectivity index (χ3v) is 4.77. The lowest BCUT2D eigenvalue weighted by Crippen LogP contribution is -2.11. The fourth-order valence-electron chi connectivity index (χ4n) is 2.27. The molecule has 0 amide bonds. The molecular weight excluding hydrogens is 386 g/mol. The molecule has 3 rings (SSSR count).